The summed E-state index contributed by atoms with van der Waals surface area (Å²) in [5.74, 6) is 1.40. The van der Waals surface area contributed by atoms with E-state index in [1.54, 1.807) is 18.0 Å². The predicted molar refractivity (Wildman–Crippen MR) is 105 cm³/mol. The van der Waals surface area contributed by atoms with Crippen molar-refractivity contribution in [1.82, 2.24) is 9.88 Å². The fourth-order valence-electron chi connectivity index (χ4n) is 3.39. The van der Waals surface area contributed by atoms with Gasteiger partial charge in [-0.15, -0.1) is 11.8 Å². The second-order valence-electron chi connectivity index (χ2n) is 6.36. The van der Waals surface area contributed by atoms with E-state index >= 15 is 0 Å². The zero-order valence-electron chi connectivity index (χ0n) is 14.6. The molecule has 1 saturated heterocycles. The molecule has 0 radical (unpaired) electrons. The van der Waals surface area contributed by atoms with E-state index in [-0.39, 0.29) is 5.91 Å². The number of rotatable bonds is 3. The Kier molecular flexibility index (Phi) is 4.96. The number of amides is 1. The van der Waals surface area contributed by atoms with Crippen LogP contribution >= 0.6 is 23.4 Å². The molecule has 1 amide bonds. The van der Waals surface area contributed by atoms with E-state index in [2.05, 4.69) is 9.88 Å². The second-order valence-corrected chi connectivity index (χ2v) is 7.62. The van der Waals surface area contributed by atoms with Gasteiger partial charge in [-0.05, 0) is 43.4 Å². The van der Waals surface area contributed by atoms with Gasteiger partial charge < -0.3 is 14.5 Å². The Morgan fingerprint density at radius 2 is 2.04 bits per heavy atom. The number of thioether (sulfide) groups is 1. The maximum Gasteiger partial charge on any atom is 0.255 e. The summed E-state index contributed by atoms with van der Waals surface area (Å²) in [6.45, 7) is 2.87. The zero-order valence-corrected chi connectivity index (χ0v) is 16.1. The molecule has 2 aliphatic heterocycles. The third-order valence-electron chi connectivity index (χ3n) is 4.75. The summed E-state index contributed by atoms with van der Waals surface area (Å²) in [6.07, 6.45) is 5.80. The molecule has 2 aliphatic rings. The molecule has 0 N–H and O–H groups in total. The number of benzene rings is 1. The molecule has 136 valence electrons. The third kappa shape index (κ3) is 3.23. The molecular weight excluding hydrogens is 370 g/mol. The maximum absolute atomic E-state index is 12.6. The Bertz CT molecular complexity index is 840. The number of ether oxygens (including phenoxy) is 1. The van der Waals surface area contributed by atoms with Gasteiger partial charge in [0, 0.05) is 29.9 Å². The van der Waals surface area contributed by atoms with E-state index in [1.807, 2.05) is 35.4 Å². The number of fused-ring (bicyclic) bond motifs is 1. The minimum Gasteiger partial charge on any atom is -0.488 e. The number of pyridine rings is 1. The topological polar surface area (TPSA) is 45.7 Å². The number of aromatic nitrogens is 1. The van der Waals surface area contributed by atoms with Crippen LogP contribution in [0.15, 0.2) is 35.4 Å². The third-order valence-corrected chi connectivity index (χ3v) is 5.97. The second kappa shape index (κ2) is 7.37. The lowest BCUT2D eigenvalue weighted by Crippen LogP contribution is -2.31. The standard InChI is InChI=1S/C19H20ClN3O2S/c1-26-17-5-4-14(11-15(17)20)23-8-9-25-16-10-13(12-21-18(16)23)19(24)22-6-2-3-7-22/h4-5,10-12H,2-3,6-9H2,1H3. The molecule has 1 aromatic heterocycles. The highest BCUT2D eigenvalue weighted by molar-refractivity contribution is 7.98. The van der Waals surface area contributed by atoms with Crippen molar-refractivity contribution < 1.29 is 9.53 Å². The van der Waals surface area contributed by atoms with Crippen molar-refractivity contribution in [2.24, 2.45) is 0 Å². The van der Waals surface area contributed by atoms with E-state index in [9.17, 15) is 4.79 Å². The van der Waals surface area contributed by atoms with Crippen molar-refractivity contribution in [3.8, 4) is 5.75 Å². The van der Waals surface area contributed by atoms with Crippen molar-refractivity contribution >= 4 is 40.8 Å². The number of likely N-dealkylation sites (tertiary alicyclic amines) is 1. The summed E-state index contributed by atoms with van der Waals surface area (Å²) in [5, 5.41) is 0.726. The Morgan fingerprint density at radius 1 is 1.23 bits per heavy atom. The highest BCUT2D eigenvalue weighted by atomic mass is 35.5. The Balaban J connectivity index is 1.64. The van der Waals surface area contributed by atoms with Crippen LogP contribution in [-0.2, 0) is 0 Å². The summed E-state index contributed by atoms with van der Waals surface area (Å²) < 4.78 is 5.79. The molecule has 26 heavy (non-hydrogen) atoms. The first-order chi connectivity index (χ1) is 12.7. The van der Waals surface area contributed by atoms with Gasteiger partial charge in [-0.1, -0.05) is 11.6 Å². The summed E-state index contributed by atoms with van der Waals surface area (Å²) in [5.41, 5.74) is 1.56. The molecule has 0 saturated carbocycles. The molecule has 2 aromatic rings. The molecular formula is C19H20ClN3O2S. The van der Waals surface area contributed by atoms with Crippen molar-refractivity contribution in [2.75, 3.05) is 37.4 Å². The van der Waals surface area contributed by atoms with Crippen LogP contribution in [0.5, 0.6) is 5.75 Å². The Labute approximate surface area is 162 Å². The number of carbonyl (C=O) groups excluding carboxylic acids is 1. The number of hydrogen-bond acceptors (Lipinski definition) is 5. The van der Waals surface area contributed by atoms with Crippen molar-refractivity contribution in [1.29, 1.82) is 0 Å². The number of nitrogens with zero attached hydrogens (tertiary/aromatic N) is 3. The van der Waals surface area contributed by atoms with Crippen molar-refractivity contribution in [2.45, 2.75) is 17.7 Å². The van der Waals surface area contributed by atoms with Gasteiger partial charge in [0.15, 0.2) is 11.6 Å². The fourth-order valence-corrected chi connectivity index (χ4v) is 4.26. The van der Waals surface area contributed by atoms with E-state index in [4.69, 9.17) is 16.3 Å². The summed E-state index contributed by atoms with van der Waals surface area (Å²) in [6, 6.07) is 7.82. The quantitative estimate of drug-likeness (QED) is 0.735. The van der Waals surface area contributed by atoms with Gasteiger partial charge in [0.1, 0.15) is 6.61 Å². The van der Waals surface area contributed by atoms with Crippen LogP contribution in [0.25, 0.3) is 0 Å². The largest absolute Gasteiger partial charge is 0.488 e. The number of hydrogen-bond donors (Lipinski definition) is 0. The Hall–Kier alpha value is -1.92. The van der Waals surface area contributed by atoms with Gasteiger partial charge in [0.25, 0.3) is 5.91 Å². The molecule has 1 fully saturated rings. The van der Waals surface area contributed by atoms with Crippen LogP contribution < -0.4 is 9.64 Å². The summed E-state index contributed by atoms with van der Waals surface area (Å²) >= 11 is 7.99. The van der Waals surface area contributed by atoms with E-state index in [1.165, 1.54) is 0 Å². The number of carbonyl (C=O) groups is 1. The molecule has 0 spiro atoms. The molecule has 4 rings (SSSR count). The summed E-state index contributed by atoms with van der Waals surface area (Å²) in [7, 11) is 0. The first-order valence-electron chi connectivity index (χ1n) is 8.70. The van der Waals surface area contributed by atoms with E-state index in [0.717, 1.165) is 47.4 Å². The first kappa shape index (κ1) is 17.5. The average Bonchev–Trinajstić information content (AvgIpc) is 3.21. The maximum atomic E-state index is 12.6. The summed E-state index contributed by atoms with van der Waals surface area (Å²) in [4.78, 5) is 22.2. The number of halogens is 1. The lowest BCUT2D eigenvalue weighted by Gasteiger charge is -2.30. The van der Waals surface area contributed by atoms with Gasteiger partial charge in [-0.25, -0.2) is 4.98 Å². The van der Waals surface area contributed by atoms with Crippen LogP contribution in [0.2, 0.25) is 5.02 Å². The lowest BCUT2D eigenvalue weighted by molar-refractivity contribution is 0.0792. The molecule has 0 aliphatic carbocycles. The highest BCUT2D eigenvalue weighted by Gasteiger charge is 2.25. The molecule has 0 bridgehead atoms. The van der Waals surface area contributed by atoms with Crippen LogP contribution in [0, 0.1) is 0 Å². The fraction of sp³-hybridized carbons (Fsp3) is 0.368. The molecule has 1 aromatic carbocycles. The van der Waals surface area contributed by atoms with Gasteiger partial charge in [0.2, 0.25) is 0 Å². The molecule has 3 heterocycles. The van der Waals surface area contributed by atoms with Crippen LogP contribution in [0.1, 0.15) is 23.2 Å². The van der Waals surface area contributed by atoms with Crippen LogP contribution in [-0.4, -0.2) is 48.3 Å². The number of anilines is 2. The van der Waals surface area contributed by atoms with Gasteiger partial charge in [-0.2, -0.15) is 0 Å². The highest BCUT2D eigenvalue weighted by Crippen LogP contribution is 2.38. The zero-order chi connectivity index (χ0) is 18.1. The van der Waals surface area contributed by atoms with E-state index in [0.29, 0.717) is 24.5 Å². The molecule has 0 atom stereocenters. The van der Waals surface area contributed by atoms with Gasteiger partial charge in [-0.3, -0.25) is 4.79 Å². The van der Waals surface area contributed by atoms with Crippen molar-refractivity contribution in [3.63, 3.8) is 0 Å². The van der Waals surface area contributed by atoms with Gasteiger partial charge in [0.05, 0.1) is 17.1 Å². The average molecular weight is 390 g/mol. The smallest absolute Gasteiger partial charge is 0.255 e. The monoisotopic (exact) mass is 389 g/mol. The SMILES string of the molecule is CSc1ccc(N2CCOc3cc(C(=O)N4CCCC4)cnc32)cc1Cl. The molecule has 0 unspecified atom stereocenters. The van der Waals surface area contributed by atoms with Crippen molar-refractivity contribution in [3.05, 3.63) is 41.0 Å². The van der Waals surface area contributed by atoms with Crippen LogP contribution in [0.3, 0.4) is 0 Å². The molecule has 7 heteroatoms. The van der Waals surface area contributed by atoms with Crippen LogP contribution in [0.4, 0.5) is 11.5 Å². The predicted octanol–water partition coefficient (Wildman–Crippen LogP) is 4.22. The Morgan fingerprint density at radius 3 is 2.77 bits per heavy atom. The minimum atomic E-state index is 0.0332. The molecule has 5 nitrogen and oxygen atoms in total. The normalized spacial score (nSPS) is 16.4. The minimum absolute atomic E-state index is 0.0332. The van der Waals surface area contributed by atoms with E-state index < -0.39 is 0 Å². The van der Waals surface area contributed by atoms with Gasteiger partial charge >= 0.3 is 0 Å². The lowest BCUT2D eigenvalue weighted by atomic mass is 10.2. The first-order valence-corrected chi connectivity index (χ1v) is 10.3.